The molecule has 4 nitrogen and oxygen atoms in total. The van der Waals surface area contributed by atoms with E-state index in [9.17, 15) is 13.2 Å². The van der Waals surface area contributed by atoms with E-state index in [2.05, 4.69) is 15.3 Å². The Morgan fingerprint density at radius 1 is 1.24 bits per heavy atom. The van der Waals surface area contributed by atoms with Crippen LogP contribution < -0.4 is 10.2 Å². The maximum absolute atomic E-state index is 13.1. The SMILES string of the molecule is CN(C)c1ncc(-c2cccc(C(F)(F)F)c2)c(C2CCCNC2)n1. The molecular formula is C18H21F3N4. The molecule has 25 heavy (non-hydrogen) atoms. The Balaban J connectivity index is 2.08. The molecule has 7 heteroatoms. The maximum atomic E-state index is 13.1. The summed E-state index contributed by atoms with van der Waals surface area (Å²) in [5, 5.41) is 3.34. The minimum atomic E-state index is -4.37. The summed E-state index contributed by atoms with van der Waals surface area (Å²) in [5.74, 6) is 0.733. The fraction of sp³-hybridized carbons (Fsp3) is 0.444. The van der Waals surface area contributed by atoms with Crippen molar-refractivity contribution in [2.75, 3.05) is 32.1 Å². The molecular weight excluding hydrogens is 329 g/mol. The molecule has 2 heterocycles. The first kappa shape index (κ1) is 17.7. The third-order valence-electron chi connectivity index (χ3n) is 4.39. The standard InChI is InChI=1S/C18H21F3N4/c1-25(2)17-23-11-15(16(24-17)13-6-4-8-22-10-13)12-5-3-7-14(9-12)18(19,20)21/h3,5,7,9,11,13,22H,4,6,8,10H2,1-2H3. The van der Waals surface area contributed by atoms with Crippen LogP contribution in [0.4, 0.5) is 19.1 Å². The van der Waals surface area contributed by atoms with Gasteiger partial charge >= 0.3 is 6.18 Å². The summed E-state index contributed by atoms with van der Waals surface area (Å²) in [5.41, 5.74) is 1.32. The normalized spacial score (nSPS) is 18.2. The van der Waals surface area contributed by atoms with Gasteiger partial charge in [0.05, 0.1) is 11.3 Å². The number of nitrogens with one attached hydrogen (secondary N) is 1. The van der Waals surface area contributed by atoms with Crippen molar-refractivity contribution in [1.82, 2.24) is 15.3 Å². The van der Waals surface area contributed by atoms with Crippen LogP contribution in [0.3, 0.4) is 0 Å². The predicted octanol–water partition coefficient (Wildman–Crippen LogP) is 3.70. The summed E-state index contributed by atoms with van der Waals surface area (Å²) in [4.78, 5) is 10.8. The number of hydrogen-bond donors (Lipinski definition) is 1. The highest BCUT2D eigenvalue weighted by Crippen LogP contribution is 2.35. The zero-order valence-electron chi connectivity index (χ0n) is 14.3. The van der Waals surface area contributed by atoms with Gasteiger partial charge < -0.3 is 10.2 Å². The van der Waals surface area contributed by atoms with Crippen LogP contribution in [0.1, 0.15) is 30.0 Å². The van der Waals surface area contributed by atoms with Crippen LogP contribution in [0, 0.1) is 0 Å². The minimum Gasteiger partial charge on any atom is -0.347 e. The molecule has 0 radical (unpaired) electrons. The lowest BCUT2D eigenvalue weighted by molar-refractivity contribution is -0.137. The summed E-state index contributed by atoms with van der Waals surface area (Å²) in [6, 6.07) is 5.37. The minimum absolute atomic E-state index is 0.167. The Bertz CT molecular complexity index is 737. The quantitative estimate of drug-likeness (QED) is 0.917. The summed E-state index contributed by atoms with van der Waals surface area (Å²) in [7, 11) is 3.70. The highest BCUT2D eigenvalue weighted by molar-refractivity contribution is 5.67. The molecule has 1 saturated heterocycles. The molecule has 0 aliphatic carbocycles. The van der Waals surface area contributed by atoms with Crippen molar-refractivity contribution in [3.05, 3.63) is 41.7 Å². The number of nitrogens with zero attached hydrogens (tertiary/aromatic N) is 3. The molecule has 3 rings (SSSR count). The van der Waals surface area contributed by atoms with Gasteiger partial charge in [-0.1, -0.05) is 12.1 Å². The van der Waals surface area contributed by atoms with Crippen LogP contribution in [0.25, 0.3) is 11.1 Å². The maximum Gasteiger partial charge on any atom is 0.416 e. The van der Waals surface area contributed by atoms with Crippen molar-refractivity contribution in [1.29, 1.82) is 0 Å². The summed E-state index contributed by atoms with van der Waals surface area (Å²) < 4.78 is 39.2. The van der Waals surface area contributed by atoms with Crippen LogP contribution in [0.15, 0.2) is 30.5 Å². The first-order valence-electron chi connectivity index (χ1n) is 8.29. The van der Waals surface area contributed by atoms with Gasteiger partial charge in [0.25, 0.3) is 0 Å². The van der Waals surface area contributed by atoms with E-state index in [1.54, 1.807) is 17.2 Å². The van der Waals surface area contributed by atoms with Gasteiger partial charge in [0.1, 0.15) is 0 Å². The molecule has 1 aliphatic heterocycles. The largest absolute Gasteiger partial charge is 0.416 e. The van der Waals surface area contributed by atoms with Crippen LogP contribution >= 0.6 is 0 Å². The van der Waals surface area contributed by atoms with E-state index >= 15 is 0 Å². The predicted molar refractivity (Wildman–Crippen MR) is 91.6 cm³/mol. The topological polar surface area (TPSA) is 41.1 Å². The number of hydrogen-bond acceptors (Lipinski definition) is 4. The second-order valence-corrected chi connectivity index (χ2v) is 6.49. The van der Waals surface area contributed by atoms with Crippen molar-refractivity contribution in [2.45, 2.75) is 24.9 Å². The first-order chi connectivity index (χ1) is 11.9. The van der Waals surface area contributed by atoms with Crippen LogP contribution in [0.2, 0.25) is 0 Å². The molecule has 0 amide bonds. The van der Waals surface area contributed by atoms with E-state index in [4.69, 9.17) is 0 Å². The molecule has 1 atom stereocenters. The van der Waals surface area contributed by atoms with E-state index < -0.39 is 11.7 Å². The van der Waals surface area contributed by atoms with Crippen molar-refractivity contribution in [3.63, 3.8) is 0 Å². The number of alkyl halides is 3. The smallest absolute Gasteiger partial charge is 0.347 e. The molecule has 0 spiro atoms. The van der Waals surface area contributed by atoms with Crippen LogP contribution in [-0.4, -0.2) is 37.2 Å². The van der Waals surface area contributed by atoms with E-state index in [0.29, 0.717) is 17.1 Å². The molecule has 134 valence electrons. The van der Waals surface area contributed by atoms with Gasteiger partial charge in [0, 0.05) is 38.3 Å². The third kappa shape index (κ3) is 3.92. The third-order valence-corrected chi connectivity index (χ3v) is 4.39. The Morgan fingerprint density at radius 2 is 2.04 bits per heavy atom. The van der Waals surface area contributed by atoms with E-state index in [1.165, 1.54) is 12.1 Å². The van der Waals surface area contributed by atoms with Crippen molar-refractivity contribution >= 4 is 5.95 Å². The number of aromatic nitrogens is 2. The van der Waals surface area contributed by atoms with Gasteiger partial charge in [-0.25, -0.2) is 9.97 Å². The number of piperidine rings is 1. The number of halogens is 3. The fourth-order valence-electron chi connectivity index (χ4n) is 3.08. The average Bonchev–Trinajstić information content (AvgIpc) is 2.61. The Morgan fingerprint density at radius 3 is 2.68 bits per heavy atom. The number of benzene rings is 1. The second kappa shape index (κ2) is 7.00. The van der Waals surface area contributed by atoms with Gasteiger partial charge in [-0.2, -0.15) is 13.2 Å². The fourth-order valence-corrected chi connectivity index (χ4v) is 3.08. The number of anilines is 1. The summed E-state index contributed by atoms with van der Waals surface area (Å²) in [6.07, 6.45) is -0.744. The highest BCUT2D eigenvalue weighted by Gasteiger charge is 2.31. The van der Waals surface area contributed by atoms with Crippen LogP contribution in [0.5, 0.6) is 0 Å². The van der Waals surface area contributed by atoms with E-state index in [-0.39, 0.29) is 5.92 Å². The molecule has 1 unspecified atom stereocenters. The molecule has 0 bridgehead atoms. The lowest BCUT2D eigenvalue weighted by Crippen LogP contribution is -2.29. The van der Waals surface area contributed by atoms with Crippen molar-refractivity contribution < 1.29 is 13.2 Å². The zero-order chi connectivity index (χ0) is 18.0. The van der Waals surface area contributed by atoms with Crippen molar-refractivity contribution in [3.8, 4) is 11.1 Å². The first-order valence-corrected chi connectivity index (χ1v) is 8.29. The van der Waals surface area contributed by atoms with Crippen LogP contribution in [-0.2, 0) is 6.18 Å². The van der Waals surface area contributed by atoms with Gasteiger partial charge in [-0.05, 0) is 37.1 Å². The monoisotopic (exact) mass is 350 g/mol. The van der Waals surface area contributed by atoms with Gasteiger partial charge in [-0.15, -0.1) is 0 Å². The summed E-state index contributed by atoms with van der Waals surface area (Å²) >= 11 is 0. The lowest BCUT2D eigenvalue weighted by atomic mass is 9.90. The number of rotatable bonds is 3. The lowest BCUT2D eigenvalue weighted by Gasteiger charge is -2.25. The molecule has 1 aromatic carbocycles. The van der Waals surface area contributed by atoms with Gasteiger partial charge in [-0.3, -0.25) is 0 Å². The highest BCUT2D eigenvalue weighted by atomic mass is 19.4. The second-order valence-electron chi connectivity index (χ2n) is 6.49. The van der Waals surface area contributed by atoms with Crippen molar-refractivity contribution in [2.24, 2.45) is 0 Å². The molecule has 1 aromatic heterocycles. The molecule has 0 saturated carbocycles. The summed E-state index contributed by atoms with van der Waals surface area (Å²) in [6.45, 7) is 1.73. The molecule has 1 fully saturated rings. The Hall–Kier alpha value is -2.15. The zero-order valence-corrected chi connectivity index (χ0v) is 14.3. The molecule has 2 aromatic rings. The molecule has 1 N–H and O–H groups in total. The van der Waals surface area contributed by atoms with E-state index in [0.717, 1.165) is 37.7 Å². The molecule has 1 aliphatic rings. The van der Waals surface area contributed by atoms with E-state index in [1.807, 2.05) is 14.1 Å². The Labute approximate surface area is 145 Å². The Kier molecular flexibility index (Phi) is 4.94. The van der Waals surface area contributed by atoms with Gasteiger partial charge in [0.2, 0.25) is 5.95 Å². The average molecular weight is 350 g/mol. The van der Waals surface area contributed by atoms with Gasteiger partial charge in [0.15, 0.2) is 0 Å².